The van der Waals surface area contributed by atoms with Crippen LogP contribution in [0, 0.1) is 13.8 Å². The van der Waals surface area contributed by atoms with Gasteiger partial charge in [-0.15, -0.1) is 0 Å². The van der Waals surface area contributed by atoms with Crippen LogP contribution in [0.25, 0.3) is 0 Å². The van der Waals surface area contributed by atoms with E-state index in [9.17, 15) is 8.42 Å². The van der Waals surface area contributed by atoms with Crippen LogP contribution < -0.4 is 4.90 Å². The van der Waals surface area contributed by atoms with Crippen LogP contribution in [0.4, 0.5) is 5.69 Å². The van der Waals surface area contributed by atoms with E-state index < -0.39 is 9.84 Å². The Bertz CT molecular complexity index is 955. The third-order valence-electron chi connectivity index (χ3n) is 4.94. The van der Waals surface area contributed by atoms with Gasteiger partial charge in [-0.1, -0.05) is 54.2 Å². The first kappa shape index (κ1) is 17.6. The summed E-state index contributed by atoms with van der Waals surface area (Å²) in [7, 11) is -3.02. The van der Waals surface area contributed by atoms with E-state index in [0.717, 1.165) is 22.2 Å². The van der Waals surface area contributed by atoms with Crippen molar-refractivity contribution in [2.75, 3.05) is 16.4 Å². The van der Waals surface area contributed by atoms with Crippen molar-refractivity contribution in [3.63, 3.8) is 0 Å². The number of nitrogens with zero attached hydrogens (tertiary/aromatic N) is 2. The van der Waals surface area contributed by atoms with Gasteiger partial charge in [-0.25, -0.2) is 8.42 Å². The molecular weight excluding hydrogens is 364 g/mol. The number of amidine groups is 1. The number of hydrogen-bond acceptors (Lipinski definition) is 5. The molecule has 0 bridgehead atoms. The smallest absolute Gasteiger partial charge is 0.164 e. The first-order valence-corrected chi connectivity index (χ1v) is 11.5. The van der Waals surface area contributed by atoms with Crippen LogP contribution in [-0.2, 0) is 15.6 Å². The minimum Gasteiger partial charge on any atom is -0.315 e. The molecule has 2 atom stereocenters. The highest BCUT2D eigenvalue weighted by Gasteiger charge is 2.47. The van der Waals surface area contributed by atoms with Crippen LogP contribution in [0.1, 0.15) is 16.7 Å². The number of hydrogen-bond donors (Lipinski definition) is 0. The molecule has 0 amide bonds. The Hall–Kier alpha value is -1.79. The van der Waals surface area contributed by atoms with Gasteiger partial charge in [-0.2, -0.15) is 0 Å². The first-order chi connectivity index (χ1) is 12.4. The molecule has 0 radical (unpaired) electrons. The van der Waals surface area contributed by atoms with E-state index >= 15 is 0 Å². The maximum Gasteiger partial charge on any atom is 0.164 e. The maximum absolute atomic E-state index is 12.2. The number of aryl methyl sites for hydroxylation is 2. The van der Waals surface area contributed by atoms with E-state index in [-0.39, 0.29) is 23.6 Å². The second kappa shape index (κ2) is 6.74. The molecule has 136 valence electrons. The normalized spacial score (nSPS) is 23.8. The minimum atomic E-state index is -3.02. The van der Waals surface area contributed by atoms with Crippen LogP contribution in [0.3, 0.4) is 0 Å². The van der Waals surface area contributed by atoms with E-state index in [2.05, 4.69) is 49.1 Å². The van der Waals surface area contributed by atoms with Crippen molar-refractivity contribution in [1.29, 1.82) is 0 Å². The molecule has 0 aliphatic carbocycles. The molecular formula is C20H22N2O2S2. The van der Waals surface area contributed by atoms with Gasteiger partial charge in [0.2, 0.25) is 0 Å². The van der Waals surface area contributed by atoms with Gasteiger partial charge in [0.05, 0.1) is 23.6 Å². The summed E-state index contributed by atoms with van der Waals surface area (Å²) in [4.78, 5) is 6.99. The average Bonchev–Trinajstić information content (AvgIpc) is 3.07. The fourth-order valence-electron chi connectivity index (χ4n) is 3.62. The Kier molecular flexibility index (Phi) is 4.57. The minimum absolute atomic E-state index is 0.0845. The molecule has 6 heteroatoms. The van der Waals surface area contributed by atoms with E-state index in [1.165, 1.54) is 11.1 Å². The molecule has 2 heterocycles. The number of benzene rings is 2. The third-order valence-corrected chi connectivity index (χ3v) is 7.68. The highest BCUT2D eigenvalue weighted by molar-refractivity contribution is 8.13. The summed E-state index contributed by atoms with van der Waals surface area (Å²) >= 11 is 1.69. The summed E-state index contributed by atoms with van der Waals surface area (Å²) in [6.07, 6.45) is 0. The van der Waals surface area contributed by atoms with Crippen LogP contribution in [-0.4, -0.2) is 37.2 Å². The molecule has 2 aliphatic heterocycles. The molecule has 4 rings (SSSR count). The fraction of sp³-hybridized carbons (Fsp3) is 0.350. The first-order valence-electron chi connectivity index (χ1n) is 8.74. The average molecular weight is 387 g/mol. The van der Waals surface area contributed by atoms with Crippen molar-refractivity contribution in [3.8, 4) is 0 Å². The zero-order valence-electron chi connectivity index (χ0n) is 14.9. The lowest BCUT2D eigenvalue weighted by Gasteiger charge is -2.28. The number of thioether (sulfide) groups is 1. The fourth-order valence-corrected chi connectivity index (χ4v) is 6.53. The molecule has 1 fully saturated rings. The van der Waals surface area contributed by atoms with E-state index in [4.69, 9.17) is 4.99 Å². The lowest BCUT2D eigenvalue weighted by atomic mass is 10.1. The van der Waals surface area contributed by atoms with Gasteiger partial charge in [-0.3, -0.25) is 4.99 Å². The summed E-state index contributed by atoms with van der Waals surface area (Å²) in [5.74, 6) is 1.17. The Labute approximate surface area is 159 Å². The Morgan fingerprint density at radius 3 is 2.65 bits per heavy atom. The number of fused-ring (bicyclic) bond motifs is 1. The van der Waals surface area contributed by atoms with Crippen LogP contribution in [0.2, 0.25) is 0 Å². The summed E-state index contributed by atoms with van der Waals surface area (Å²) in [5.41, 5.74) is 4.63. The van der Waals surface area contributed by atoms with E-state index in [1.54, 1.807) is 11.8 Å². The maximum atomic E-state index is 12.2. The quantitative estimate of drug-likeness (QED) is 0.809. The predicted octanol–water partition coefficient (Wildman–Crippen LogP) is 3.58. The molecule has 2 aromatic carbocycles. The van der Waals surface area contributed by atoms with E-state index in [1.807, 2.05) is 18.2 Å². The lowest BCUT2D eigenvalue weighted by molar-refractivity contribution is 0.601. The van der Waals surface area contributed by atoms with Gasteiger partial charge < -0.3 is 4.90 Å². The number of aliphatic imine (C=N–C) groups is 1. The van der Waals surface area contributed by atoms with Gasteiger partial charge in [-0.05, 0) is 36.6 Å². The highest BCUT2D eigenvalue weighted by atomic mass is 32.2. The van der Waals surface area contributed by atoms with Gasteiger partial charge in [0.25, 0.3) is 0 Å². The molecule has 0 aromatic heterocycles. The molecule has 2 aromatic rings. The Morgan fingerprint density at radius 2 is 1.88 bits per heavy atom. The van der Waals surface area contributed by atoms with Crippen LogP contribution in [0.15, 0.2) is 53.5 Å². The van der Waals surface area contributed by atoms with Crippen LogP contribution in [0.5, 0.6) is 0 Å². The molecule has 1 saturated heterocycles. The lowest BCUT2D eigenvalue weighted by Crippen LogP contribution is -2.39. The number of rotatable bonds is 3. The second-order valence-electron chi connectivity index (χ2n) is 7.06. The van der Waals surface area contributed by atoms with Crippen molar-refractivity contribution >= 4 is 32.5 Å². The zero-order valence-corrected chi connectivity index (χ0v) is 16.6. The molecule has 2 aliphatic rings. The molecule has 26 heavy (non-hydrogen) atoms. The third kappa shape index (κ3) is 3.40. The Balaban J connectivity index is 1.67. The standard InChI is InChI=1S/C20H22N2O2S2/c1-14-8-9-15(2)18(10-14)22-19-13-26(23,24)12-17(19)21-20(22)25-11-16-6-4-3-5-7-16/h3-10,17,19H,11-13H2,1-2H3/t17-,19-/m1/s1. The monoisotopic (exact) mass is 386 g/mol. The van der Waals surface area contributed by atoms with Crippen molar-refractivity contribution in [2.45, 2.75) is 31.7 Å². The van der Waals surface area contributed by atoms with Crippen molar-refractivity contribution in [3.05, 3.63) is 65.2 Å². The molecule has 0 N–H and O–H groups in total. The Morgan fingerprint density at radius 1 is 1.12 bits per heavy atom. The highest BCUT2D eigenvalue weighted by Crippen LogP contribution is 2.37. The van der Waals surface area contributed by atoms with Gasteiger partial charge in [0.15, 0.2) is 15.0 Å². The molecule has 0 saturated carbocycles. The summed E-state index contributed by atoms with van der Waals surface area (Å²) in [6, 6.07) is 16.4. The second-order valence-corrected chi connectivity index (χ2v) is 10.2. The van der Waals surface area contributed by atoms with Gasteiger partial charge in [0.1, 0.15) is 0 Å². The number of anilines is 1. The van der Waals surface area contributed by atoms with Crippen molar-refractivity contribution < 1.29 is 8.42 Å². The predicted molar refractivity (Wildman–Crippen MR) is 110 cm³/mol. The molecule has 0 spiro atoms. The van der Waals surface area contributed by atoms with Gasteiger partial charge in [0, 0.05) is 11.4 Å². The largest absolute Gasteiger partial charge is 0.315 e. The van der Waals surface area contributed by atoms with Crippen LogP contribution >= 0.6 is 11.8 Å². The van der Waals surface area contributed by atoms with E-state index in [0.29, 0.717) is 0 Å². The zero-order chi connectivity index (χ0) is 18.3. The molecule has 0 unspecified atom stereocenters. The topological polar surface area (TPSA) is 49.7 Å². The van der Waals surface area contributed by atoms with Crippen molar-refractivity contribution in [2.24, 2.45) is 4.99 Å². The molecule has 4 nitrogen and oxygen atoms in total. The number of sulfone groups is 1. The SMILES string of the molecule is Cc1ccc(C)c(N2C(SCc3ccccc3)=N[C@@H]3CS(=O)(=O)C[C@H]32)c1. The summed E-state index contributed by atoms with van der Waals surface area (Å²) in [6.45, 7) is 4.14. The summed E-state index contributed by atoms with van der Waals surface area (Å²) in [5, 5.41) is 0.937. The summed E-state index contributed by atoms with van der Waals surface area (Å²) < 4.78 is 24.3. The van der Waals surface area contributed by atoms with Crippen molar-refractivity contribution in [1.82, 2.24) is 0 Å². The van der Waals surface area contributed by atoms with Gasteiger partial charge >= 0.3 is 0 Å².